The van der Waals surface area contributed by atoms with E-state index in [-0.39, 0.29) is 0 Å². The summed E-state index contributed by atoms with van der Waals surface area (Å²) in [5.41, 5.74) is 0. The van der Waals surface area contributed by atoms with Gasteiger partial charge in [0.2, 0.25) is 0 Å². The van der Waals surface area contributed by atoms with Gasteiger partial charge < -0.3 is 0 Å². The zero-order valence-electron chi connectivity index (χ0n) is 13.3. The normalized spacial score (nSPS) is 14.4. The molecular formula is C16H36ClP. The van der Waals surface area contributed by atoms with Gasteiger partial charge in [0.25, 0.3) is 0 Å². The average molecular weight is 295 g/mol. The molecule has 0 aromatic carbocycles. The van der Waals surface area contributed by atoms with Crippen LogP contribution in [0.3, 0.4) is 0 Å². The monoisotopic (exact) mass is 294 g/mol. The molecule has 0 saturated carbocycles. The third kappa shape index (κ3) is 11.8. The van der Waals surface area contributed by atoms with E-state index in [2.05, 4.69) is 27.2 Å². The third-order valence-corrected chi connectivity index (χ3v) is 9.05. The third-order valence-electron chi connectivity index (χ3n) is 4.18. The molecule has 0 amide bonds. The van der Waals surface area contributed by atoms with Crippen molar-refractivity contribution >= 4 is 17.2 Å². The Morgan fingerprint density at radius 2 is 1.06 bits per heavy atom. The van der Waals surface area contributed by atoms with Crippen LogP contribution in [0.25, 0.3) is 0 Å². The predicted molar refractivity (Wildman–Crippen MR) is 91.9 cm³/mol. The van der Waals surface area contributed by atoms with Gasteiger partial charge >= 0.3 is 121 Å². The molecule has 0 N–H and O–H groups in total. The van der Waals surface area contributed by atoms with E-state index in [4.69, 9.17) is 11.2 Å². The molecule has 0 aromatic rings. The number of halogens is 1. The molecule has 0 saturated heterocycles. The van der Waals surface area contributed by atoms with Crippen molar-refractivity contribution in [3.05, 3.63) is 0 Å². The van der Waals surface area contributed by atoms with Gasteiger partial charge in [0.1, 0.15) is 0 Å². The van der Waals surface area contributed by atoms with E-state index in [0.29, 0.717) is 0 Å². The van der Waals surface area contributed by atoms with Crippen LogP contribution < -0.4 is 0 Å². The zero-order chi connectivity index (χ0) is 13.9. The van der Waals surface area contributed by atoms with Crippen LogP contribution in [0.1, 0.15) is 78.1 Å². The molecule has 0 unspecified atom stereocenters. The van der Waals surface area contributed by atoms with Gasteiger partial charge in [-0.25, -0.2) is 0 Å². The summed E-state index contributed by atoms with van der Waals surface area (Å²) >= 11 is 6.72. The molecule has 2 heteroatoms. The van der Waals surface area contributed by atoms with Crippen molar-refractivity contribution in [1.29, 1.82) is 0 Å². The molecular weight excluding hydrogens is 259 g/mol. The van der Waals surface area contributed by atoms with Gasteiger partial charge in [-0.1, -0.05) is 0 Å². The van der Waals surface area contributed by atoms with Gasteiger partial charge in [-0.05, 0) is 0 Å². The topological polar surface area (TPSA) is 0 Å². The quantitative estimate of drug-likeness (QED) is 0.271. The van der Waals surface area contributed by atoms with E-state index < -0.39 is 5.96 Å². The summed E-state index contributed by atoms with van der Waals surface area (Å²) in [5, 5.41) is 0. The van der Waals surface area contributed by atoms with E-state index in [0.717, 1.165) is 0 Å². The van der Waals surface area contributed by atoms with E-state index in [9.17, 15) is 0 Å². The van der Waals surface area contributed by atoms with Crippen molar-refractivity contribution in [3.8, 4) is 0 Å². The summed E-state index contributed by atoms with van der Waals surface area (Å²) in [5.74, 6) is -1.76. The van der Waals surface area contributed by atoms with Gasteiger partial charge in [0, 0.05) is 0 Å². The molecule has 0 aliphatic rings. The summed E-state index contributed by atoms with van der Waals surface area (Å²) in [6.07, 6.45) is 16.6. The molecule has 0 aromatic heterocycles. The van der Waals surface area contributed by atoms with Crippen LogP contribution in [0.4, 0.5) is 0 Å². The summed E-state index contributed by atoms with van der Waals surface area (Å²) < 4.78 is 0. The summed E-state index contributed by atoms with van der Waals surface area (Å²) in [6.45, 7) is 9.17. The Hall–Kier alpha value is 0.720. The van der Waals surface area contributed by atoms with Crippen LogP contribution in [0.5, 0.6) is 0 Å². The maximum absolute atomic E-state index is 6.72. The molecule has 0 nitrogen and oxygen atoms in total. The molecule has 0 fully saturated rings. The van der Waals surface area contributed by atoms with Crippen LogP contribution in [0.15, 0.2) is 0 Å². The van der Waals surface area contributed by atoms with Crippen molar-refractivity contribution < 1.29 is 0 Å². The minimum atomic E-state index is -1.76. The van der Waals surface area contributed by atoms with Gasteiger partial charge in [0.05, 0.1) is 0 Å². The molecule has 18 heavy (non-hydrogen) atoms. The van der Waals surface area contributed by atoms with E-state index in [1.54, 1.807) is 0 Å². The fourth-order valence-corrected chi connectivity index (χ4v) is 4.12. The Morgan fingerprint density at radius 3 is 1.44 bits per heavy atom. The Labute approximate surface area is 121 Å². The number of rotatable bonds is 12. The van der Waals surface area contributed by atoms with Gasteiger partial charge in [-0.3, -0.25) is 0 Å². The first kappa shape index (κ1) is 18.7. The van der Waals surface area contributed by atoms with Crippen LogP contribution in [-0.4, -0.2) is 25.7 Å². The second-order valence-electron chi connectivity index (χ2n) is 6.73. The standard InChI is InChI=1S/C16H36ClP/c1-5-7-8-9-10-11-12-13-14-15-16-18(3,4,17)6-2/h5-16H2,1-4H3. The molecule has 112 valence electrons. The summed E-state index contributed by atoms with van der Waals surface area (Å²) in [4.78, 5) is 0. The fraction of sp³-hybridized carbons (Fsp3) is 1.00. The fourth-order valence-electron chi connectivity index (χ4n) is 2.25. The first-order valence-corrected chi connectivity index (χ1v) is 12.5. The first-order chi connectivity index (χ1) is 8.39. The molecule has 0 bridgehead atoms. The number of hydrogen-bond donors (Lipinski definition) is 0. The SMILES string of the molecule is CCCCCCCCCCCCP(C)(C)(Cl)CC. The van der Waals surface area contributed by atoms with Crippen molar-refractivity contribution in [3.63, 3.8) is 0 Å². The van der Waals surface area contributed by atoms with Crippen molar-refractivity contribution in [2.24, 2.45) is 0 Å². The zero-order valence-corrected chi connectivity index (χ0v) is 15.0. The van der Waals surface area contributed by atoms with Gasteiger partial charge in [-0.15, -0.1) is 0 Å². The molecule has 0 spiro atoms. The minimum absolute atomic E-state index is 1.19. The first-order valence-electron chi connectivity index (χ1n) is 8.11. The number of hydrogen-bond acceptors (Lipinski definition) is 0. The van der Waals surface area contributed by atoms with Gasteiger partial charge in [-0.2, -0.15) is 0 Å². The predicted octanol–water partition coefficient (Wildman–Crippen LogP) is 6.89. The van der Waals surface area contributed by atoms with Crippen molar-refractivity contribution in [1.82, 2.24) is 0 Å². The van der Waals surface area contributed by atoms with Gasteiger partial charge in [0.15, 0.2) is 0 Å². The van der Waals surface area contributed by atoms with E-state index in [1.165, 1.54) is 76.5 Å². The van der Waals surface area contributed by atoms with E-state index >= 15 is 0 Å². The molecule has 0 aliphatic heterocycles. The van der Waals surface area contributed by atoms with Crippen LogP contribution in [0.2, 0.25) is 0 Å². The molecule has 0 aliphatic carbocycles. The van der Waals surface area contributed by atoms with Crippen molar-refractivity contribution in [2.75, 3.05) is 25.7 Å². The summed E-state index contributed by atoms with van der Waals surface area (Å²) in [7, 11) is 0. The Balaban J connectivity index is 3.27. The van der Waals surface area contributed by atoms with Crippen LogP contribution in [-0.2, 0) is 0 Å². The molecule has 0 heterocycles. The maximum atomic E-state index is 6.72. The average Bonchev–Trinajstić information content (AvgIpc) is 2.31. The van der Waals surface area contributed by atoms with Crippen LogP contribution in [0, 0.1) is 0 Å². The molecule has 0 rings (SSSR count). The molecule has 0 atom stereocenters. The Bertz CT molecular complexity index is 193. The number of unbranched alkanes of at least 4 members (excludes halogenated alkanes) is 9. The second kappa shape index (κ2) is 9.60. The van der Waals surface area contributed by atoms with Crippen molar-refractivity contribution in [2.45, 2.75) is 78.1 Å². The summed E-state index contributed by atoms with van der Waals surface area (Å²) in [6, 6.07) is 0. The molecule has 0 radical (unpaired) electrons. The van der Waals surface area contributed by atoms with E-state index in [1.807, 2.05) is 0 Å². The Kier molecular flexibility index (Phi) is 9.98. The van der Waals surface area contributed by atoms with Crippen LogP contribution >= 0.6 is 17.2 Å². The Morgan fingerprint density at radius 1 is 0.667 bits per heavy atom. The second-order valence-corrected chi connectivity index (χ2v) is 16.3.